The van der Waals surface area contributed by atoms with Crippen molar-refractivity contribution in [3.05, 3.63) is 64.7 Å². The van der Waals surface area contributed by atoms with Gasteiger partial charge in [0.05, 0.1) is 6.04 Å². The Labute approximate surface area is 125 Å². The zero-order chi connectivity index (χ0) is 14.4. The number of aromatic hydroxyl groups is 1. The Kier molecular flexibility index (Phi) is 5.45. The molecule has 3 heteroatoms. The van der Waals surface area contributed by atoms with Gasteiger partial charge in [0.1, 0.15) is 5.75 Å². The van der Waals surface area contributed by atoms with Gasteiger partial charge >= 0.3 is 0 Å². The van der Waals surface area contributed by atoms with E-state index < -0.39 is 0 Å². The molecule has 0 aliphatic rings. The van der Waals surface area contributed by atoms with Crippen LogP contribution in [0.15, 0.2) is 48.5 Å². The lowest BCUT2D eigenvalue weighted by Crippen LogP contribution is -2.23. The highest BCUT2D eigenvalue weighted by Gasteiger charge is 2.13. The third-order valence-electron chi connectivity index (χ3n) is 3.31. The standard InChI is InChI=1S/C17H20ClNO/c1-2-3-12-19-17(13-4-8-15(18)9-5-13)14-6-10-16(20)11-7-14/h4-11,17,19-20H,2-3,12H2,1H3. The van der Waals surface area contributed by atoms with Crippen LogP contribution in [0.4, 0.5) is 0 Å². The predicted octanol–water partition coefficient (Wildman–Crippen LogP) is 4.52. The molecule has 0 spiro atoms. The Morgan fingerprint density at radius 1 is 1.00 bits per heavy atom. The van der Waals surface area contributed by atoms with E-state index in [1.807, 2.05) is 36.4 Å². The summed E-state index contributed by atoms with van der Waals surface area (Å²) in [6.45, 7) is 3.14. The molecule has 0 radical (unpaired) electrons. The second kappa shape index (κ2) is 7.32. The van der Waals surface area contributed by atoms with E-state index in [1.165, 1.54) is 5.56 Å². The zero-order valence-electron chi connectivity index (χ0n) is 11.6. The number of nitrogens with one attached hydrogen (secondary N) is 1. The summed E-state index contributed by atoms with van der Waals surface area (Å²) in [7, 11) is 0. The van der Waals surface area contributed by atoms with Crippen molar-refractivity contribution in [1.29, 1.82) is 0 Å². The van der Waals surface area contributed by atoms with E-state index in [2.05, 4.69) is 12.2 Å². The summed E-state index contributed by atoms with van der Waals surface area (Å²) in [4.78, 5) is 0. The molecule has 0 saturated carbocycles. The number of benzene rings is 2. The summed E-state index contributed by atoms with van der Waals surface area (Å²) in [5.74, 6) is 0.289. The molecule has 0 aliphatic heterocycles. The lowest BCUT2D eigenvalue weighted by molar-refractivity contribution is 0.474. The van der Waals surface area contributed by atoms with Gasteiger partial charge in [0.15, 0.2) is 0 Å². The van der Waals surface area contributed by atoms with Crippen LogP contribution in [0, 0.1) is 0 Å². The molecule has 0 aromatic heterocycles. The third kappa shape index (κ3) is 3.99. The van der Waals surface area contributed by atoms with Crippen LogP contribution in [0.3, 0.4) is 0 Å². The van der Waals surface area contributed by atoms with Crippen molar-refractivity contribution in [1.82, 2.24) is 5.32 Å². The van der Waals surface area contributed by atoms with Gasteiger partial charge in [-0.15, -0.1) is 0 Å². The maximum atomic E-state index is 9.42. The molecule has 1 atom stereocenters. The molecule has 2 nitrogen and oxygen atoms in total. The molecular weight excluding hydrogens is 270 g/mol. The fourth-order valence-corrected chi connectivity index (χ4v) is 2.30. The van der Waals surface area contributed by atoms with E-state index in [1.54, 1.807) is 12.1 Å². The lowest BCUT2D eigenvalue weighted by atomic mass is 9.98. The van der Waals surface area contributed by atoms with Gasteiger partial charge in [-0.1, -0.05) is 49.2 Å². The lowest BCUT2D eigenvalue weighted by Gasteiger charge is -2.20. The fourth-order valence-electron chi connectivity index (χ4n) is 2.17. The first-order valence-electron chi connectivity index (χ1n) is 6.98. The van der Waals surface area contributed by atoms with Crippen LogP contribution in [0.1, 0.15) is 36.9 Å². The Hall–Kier alpha value is -1.51. The molecule has 0 fully saturated rings. The van der Waals surface area contributed by atoms with Crippen molar-refractivity contribution in [2.24, 2.45) is 0 Å². The van der Waals surface area contributed by atoms with Crippen LogP contribution in [0.2, 0.25) is 5.02 Å². The number of unbranched alkanes of at least 4 members (excludes halogenated alkanes) is 1. The van der Waals surface area contributed by atoms with Crippen molar-refractivity contribution in [2.75, 3.05) is 6.54 Å². The highest BCUT2D eigenvalue weighted by molar-refractivity contribution is 6.30. The molecule has 0 aliphatic carbocycles. The molecule has 0 bridgehead atoms. The van der Waals surface area contributed by atoms with E-state index in [9.17, 15) is 5.11 Å². The summed E-state index contributed by atoms with van der Waals surface area (Å²) in [6.07, 6.45) is 2.30. The third-order valence-corrected chi connectivity index (χ3v) is 3.56. The molecule has 0 saturated heterocycles. The number of hydrogen-bond acceptors (Lipinski definition) is 2. The summed E-state index contributed by atoms with van der Waals surface area (Å²) in [5.41, 5.74) is 2.32. The summed E-state index contributed by atoms with van der Waals surface area (Å²) >= 11 is 5.96. The number of phenolic OH excluding ortho intramolecular Hbond substituents is 1. The maximum absolute atomic E-state index is 9.42. The summed E-state index contributed by atoms with van der Waals surface area (Å²) in [6, 6.07) is 15.4. The molecule has 2 aromatic carbocycles. The highest BCUT2D eigenvalue weighted by Crippen LogP contribution is 2.25. The minimum Gasteiger partial charge on any atom is -0.508 e. The average Bonchev–Trinajstić information content (AvgIpc) is 2.46. The molecule has 2 rings (SSSR count). The second-order valence-corrected chi connectivity index (χ2v) is 5.32. The van der Waals surface area contributed by atoms with Crippen LogP contribution >= 0.6 is 11.6 Å². The maximum Gasteiger partial charge on any atom is 0.115 e. The van der Waals surface area contributed by atoms with Crippen molar-refractivity contribution in [3.63, 3.8) is 0 Å². The number of hydrogen-bond donors (Lipinski definition) is 2. The minimum atomic E-state index is 0.124. The number of halogens is 1. The van der Waals surface area contributed by atoms with Crippen LogP contribution in [0.5, 0.6) is 5.75 Å². The molecule has 0 amide bonds. The van der Waals surface area contributed by atoms with E-state index in [4.69, 9.17) is 11.6 Å². The monoisotopic (exact) mass is 289 g/mol. The van der Waals surface area contributed by atoms with Crippen molar-refractivity contribution in [3.8, 4) is 5.75 Å². The molecule has 2 N–H and O–H groups in total. The second-order valence-electron chi connectivity index (χ2n) is 4.88. The Morgan fingerprint density at radius 3 is 2.10 bits per heavy atom. The molecule has 2 aromatic rings. The fraction of sp³-hybridized carbons (Fsp3) is 0.294. The summed E-state index contributed by atoms with van der Waals surface area (Å²) in [5, 5.41) is 13.7. The first-order chi connectivity index (χ1) is 9.70. The topological polar surface area (TPSA) is 32.3 Å². The molecule has 20 heavy (non-hydrogen) atoms. The van der Waals surface area contributed by atoms with Gasteiger partial charge in [0, 0.05) is 5.02 Å². The van der Waals surface area contributed by atoms with Gasteiger partial charge in [-0.3, -0.25) is 0 Å². The van der Waals surface area contributed by atoms with Gasteiger partial charge in [-0.2, -0.15) is 0 Å². The van der Waals surface area contributed by atoms with E-state index in [0.29, 0.717) is 0 Å². The Balaban J connectivity index is 2.23. The van der Waals surface area contributed by atoms with E-state index in [-0.39, 0.29) is 11.8 Å². The number of phenols is 1. The van der Waals surface area contributed by atoms with Crippen molar-refractivity contribution >= 4 is 11.6 Å². The van der Waals surface area contributed by atoms with Gasteiger partial charge in [-0.25, -0.2) is 0 Å². The Bertz CT molecular complexity index is 476. The van der Waals surface area contributed by atoms with Gasteiger partial charge in [-0.05, 0) is 48.4 Å². The van der Waals surface area contributed by atoms with E-state index >= 15 is 0 Å². The molecule has 106 valence electrons. The SMILES string of the molecule is CCCCNC(c1ccc(O)cc1)c1ccc(Cl)cc1. The molecular formula is C17H20ClNO. The van der Waals surface area contributed by atoms with Crippen LogP contribution in [0.25, 0.3) is 0 Å². The minimum absolute atomic E-state index is 0.124. The summed E-state index contributed by atoms with van der Waals surface area (Å²) < 4.78 is 0. The largest absolute Gasteiger partial charge is 0.508 e. The average molecular weight is 290 g/mol. The highest BCUT2D eigenvalue weighted by atomic mass is 35.5. The van der Waals surface area contributed by atoms with Crippen LogP contribution < -0.4 is 5.32 Å². The van der Waals surface area contributed by atoms with Crippen molar-refractivity contribution < 1.29 is 5.11 Å². The first kappa shape index (κ1) is 14.9. The van der Waals surface area contributed by atoms with Gasteiger partial charge in [0.25, 0.3) is 0 Å². The quantitative estimate of drug-likeness (QED) is 0.766. The van der Waals surface area contributed by atoms with Gasteiger partial charge in [0.2, 0.25) is 0 Å². The van der Waals surface area contributed by atoms with Crippen molar-refractivity contribution in [2.45, 2.75) is 25.8 Å². The van der Waals surface area contributed by atoms with Gasteiger partial charge < -0.3 is 10.4 Å². The number of rotatable bonds is 6. The van der Waals surface area contributed by atoms with Crippen LogP contribution in [-0.2, 0) is 0 Å². The zero-order valence-corrected chi connectivity index (χ0v) is 12.4. The smallest absolute Gasteiger partial charge is 0.115 e. The first-order valence-corrected chi connectivity index (χ1v) is 7.36. The van der Waals surface area contributed by atoms with Crippen LogP contribution in [-0.4, -0.2) is 11.7 Å². The molecule has 1 unspecified atom stereocenters. The predicted molar refractivity (Wildman–Crippen MR) is 84.3 cm³/mol. The normalized spacial score (nSPS) is 12.3. The molecule has 0 heterocycles. The Morgan fingerprint density at radius 2 is 1.55 bits per heavy atom. The van der Waals surface area contributed by atoms with E-state index in [0.717, 1.165) is 30.0 Å².